The molecule has 1 saturated heterocycles. The Labute approximate surface area is 125 Å². The van der Waals surface area contributed by atoms with Crippen LogP contribution in [0.1, 0.15) is 19.4 Å². The molecule has 1 aliphatic heterocycles. The highest BCUT2D eigenvalue weighted by Crippen LogP contribution is 2.24. The van der Waals surface area contributed by atoms with Gasteiger partial charge in [0.15, 0.2) is 0 Å². The Morgan fingerprint density at radius 3 is 2.52 bits per heavy atom. The molecule has 118 valence electrons. The number of morpholine rings is 1. The summed E-state index contributed by atoms with van der Waals surface area (Å²) in [6, 6.07) is 3.87. The lowest BCUT2D eigenvalue weighted by molar-refractivity contribution is -0.0441. The molecule has 0 saturated carbocycles. The normalized spacial score (nSPS) is 24.2. The molecule has 0 spiro atoms. The molecule has 1 aromatic carbocycles. The van der Waals surface area contributed by atoms with Crippen molar-refractivity contribution in [1.29, 1.82) is 0 Å². The zero-order chi connectivity index (χ0) is 15.6. The van der Waals surface area contributed by atoms with Gasteiger partial charge in [-0.3, -0.25) is 0 Å². The van der Waals surface area contributed by atoms with Gasteiger partial charge in [0.25, 0.3) is 0 Å². The van der Waals surface area contributed by atoms with Crippen molar-refractivity contribution in [3.05, 3.63) is 29.6 Å². The minimum atomic E-state index is -3.73. The van der Waals surface area contributed by atoms with Crippen LogP contribution in [0.5, 0.6) is 0 Å². The average molecular weight is 316 g/mol. The summed E-state index contributed by atoms with van der Waals surface area (Å²) >= 11 is 0. The van der Waals surface area contributed by atoms with Gasteiger partial charge in [0.1, 0.15) is 5.82 Å². The first kappa shape index (κ1) is 16.4. The van der Waals surface area contributed by atoms with E-state index in [0.29, 0.717) is 12.1 Å². The molecule has 2 unspecified atom stereocenters. The fraction of sp³-hybridized carbons (Fsp3) is 0.571. The molecule has 1 fully saturated rings. The molecule has 0 bridgehead atoms. The van der Waals surface area contributed by atoms with E-state index in [1.165, 1.54) is 16.4 Å². The van der Waals surface area contributed by atoms with E-state index in [-0.39, 0.29) is 30.2 Å². The predicted molar refractivity (Wildman–Crippen MR) is 77.9 cm³/mol. The van der Waals surface area contributed by atoms with Gasteiger partial charge in [-0.1, -0.05) is 6.07 Å². The third kappa shape index (κ3) is 3.60. The molecular weight excluding hydrogens is 295 g/mol. The van der Waals surface area contributed by atoms with Crippen LogP contribution in [0.15, 0.2) is 23.1 Å². The van der Waals surface area contributed by atoms with Gasteiger partial charge < -0.3 is 10.1 Å². The highest BCUT2D eigenvalue weighted by molar-refractivity contribution is 7.89. The molecule has 0 amide bonds. The maximum atomic E-state index is 13.5. The zero-order valence-corrected chi connectivity index (χ0v) is 13.3. The number of hydrogen-bond donors (Lipinski definition) is 1. The summed E-state index contributed by atoms with van der Waals surface area (Å²) in [5, 5.41) is 2.91. The van der Waals surface area contributed by atoms with E-state index >= 15 is 0 Å². The van der Waals surface area contributed by atoms with E-state index in [4.69, 9.17) is 4.74 Å². The molecule has 2 rings (SSSR count). The summed E-state index contributed by atoms with van der Waals surface area (Å²) in [5.74, 6) is -0.553. The van der Waals surface area contributed by atoms with Crippen molar-refractivity contribution in [3.63, 3.8) is 0 Å². The van der Waals surface area contributed by atoms with E-state index in [1.54, 1.807) is 7.05 Å². The minimum absolute atomic E-state index is 0.0261. The Morgan fingerprint density at radius 1 is 1.33 bits per heavy atom. The van der Waals surface area contributed by atoms with Gasteiger partial charge in [-0.05, 0) is 38.6 Å². The van der Waals surface area contributed by atoms with Crippen LogP contribution in [0.3, 0.4) is 0 Å². The predicted octanol–water partition coefficient (Wildman–Crippen LogP) is 1.34. The maximum Gasteiger partial charge on any atom is 0.243 e. The van der Waals surface area contributed by atoms with Gasteiger partial charge in [-0.2, -0.15) is 4.31 Å². The fourth-order valence-corrected chi connectivity index (χ4v) is 4.39. The van der Waals surface area contributed by atoms with Crippen molar-refractivity contribution in [2.45, 2.75) is 37.5 Å². The molecule has 0 aliphatic carbocycles. The topological polar surface area (TPSA) is 58.6 Å². The second-order valence-electron chi connectivity index (χ2n) is 5.36. The van der Waals surface area contributed by atoms with E-state index in [1.807, 2.05) is 13.8 Å². The van der Waals surface area contributed by atoms with E-state index in [0.717, 1.165) is 6.07 Å². The number of nitrogens with one attached hydrogen (secondary N) is 1. The van der Waals surface area contributed by atoms with Crippen LogP contribution >= 0.6 is 0 Å². The quantitative estimate of drug-likeness (QED) is 0.911. The SMILES string of the molecule is CNCc1ccc(F)cc1S(=O)(=O)N1CC(C)OC(C)C1. The molecule has 1 heterocycles. The molecule has 1 aliphatic rings. The van der Waals surface area contributed by atoms with Crippen LogP contribution < -0.4 is 5.32 Å². The highest BCUT2D eigenvalue weighted by Gasteiger charge is 2.33. The van der Waals surface area contributed by atoms with Gasteiger partial charge in [-0.25, -0.2) is 12.8 Å². The maximum absolute atomic E-state index is 13.5. The van der Waals surface area contributed by atoms with E-state index in [9.17, 15) is 12.8 Å². The second-order valence-corrected chi connectivity index (χ2v) is 7.27. The van der Waals surface area contributed by atoms with Gasteiger partial charge in [0.05, 0.1) is 17.1 Å². The lowest BCUT2D eigenvalue weighted by Crippen LogP contribution is -2.48. The third-order valence-corrected chi connectivity index (χ3v) is 5.31. The van der Waals surface area contributed by atoms with Gasteiger partial charge in [0, 0.05) is 19.6 Å². The number of rotatable bonds is 4. The van der Waals surface area contributed by atoms with Crippen molar-refractivity contribution in [1.82, 2.24) is 9.62 Å². The monoisotopic (exact) mass is 316 g/mol. The molecule has 0 radical (unpaired) electrons. The van der Waals surface area contributed by atoms with Crippen molar-refractivity contribution in [2.24, 2.45) is 0 Å². The smallest absolute Gasteiger partial charge is 0.243 e. The Morgan fingerprint density at radius 2 is 1.95 bits per heavy atom. The summed E-state index contributed by atoms with van der Waals surface area (Å²) in [4.78, 5) is 0.0261. The second kappa shape index (κ2) is 6.39. The van der Waals surface area contributed by atoms with Crippen molar-refractivity contribution >= 4 is 10.0 Å². The minimum Gasteiger partial charge on any atom is -0.373 e. The highest BCUT2D eigenvalue weighted by atomic mass is 32.2. The summed E-state index contributed by atoms with van der Waals surface area (Å²) in [6.45, 7) is 4.59. The van der Waals surface area contributed by atoms with Crippen molar-refractivity contribution in [3.8, 4) is 0 Å². The van der Waals surface area contributed by atoms with Crippen molar-refractivity contribution < 1.29 is 17.5 Å². The van der Waals surface area contributed by atoms with Gasteiger partial charge in [-0.15, -0.1) is 0 Å². The van der Waals surface area contributed by atoms with Crippen LogP contribution in [0.4, 0.5) is 4.39 Å². The van der Waals surface area contributed by atoms with Crippen LogP contribution in [0.25, 0.3) is 0 Å². The summed E-state index contributed by atoms with van der Waals surface area (Å²) in [6.07, 6.45) is -0.352. The average Bonchev–Trinajstić information content (AvgIpc) is 2.40. The van der Waals surface area contributed by atoms with E-state index in [2.05, 4.69) is 5.32 Å². The molecule has 1 N–H and O–H groups in total. The number of benzene rings is 1. The largest absolute Gasteiger partial charge is 0.373 e. The zero-order valence-electron chi connectivity index (χ0n) is 12.5. The van der Waals surface area contributed by atoms with Crippen LogP contribution in [0.2, 0.25) is 0 Å². The number of halogens is 1. The molecule has 2 atom stereocenters. The van der Waals surface area contributed by atoms with Gasteiger partial charge in [0.2, 0.25) is 10.0 Å². The molecule has 0 aromatic heterocycles. The summed E-state index contributed by atoms with van der Waals surface area (Å²) in [5.41, 5.74) is 0.561. The molecular formula is C14H21FN2O3S. The van der Waals surface area contributed by atoms with Crippen LogP contribution in [0, 0.1) is 5.82 Å². The summed E-state index contributed by atoms with van der Waals surface area (Å²) < 4.78 is 46.0. The van der Waals surface area contributed by atoms with E-state index < -0.39 is 15.8 Å². The molecule has 1 aromatic rings. The third-order valence-electron chi connectivity index (χ3n) is 3.40. The number of hydrogen-bond acceptors (Lipinski definition) is 4. The molecule has 5 nitrogen and oxygen atoms in total. The Kier molecular flexibility index (Phi) is 4.98. The fourth-order valence-electron chi connectivity index (χ4n) is 2.57. The van der Waals surface area contributed by atoms with Crippen LogP contribution in [-0.4, -0.2) is 45.1 Å². The number of sulfonamides is 1. The first-order valence-corrected chi connectivity index (χ1v) is 8.37. The number of nitrogens with zero attached hydrogens (tertiary/aromatic N) is 1. The first-order chi connectivity index (χ1) is 9.84. The molecule has 7 heteroatoms. The Bertz CT molecular complexity index is 596. The Hall–Kier alpha value is -1.02. The lowest BCUT2D eigenvalue weighted by Gasteiger charge is -2.34. The lowest BCUT2D eigenvalue weighted by atomic mass is 10.2. The standard InChI is InChI=1S/C14H21FN2O3S/c1-10-8-17(9-11(2)20-10)21(18,19)14-6-13(15)5-4-12(14)7-16-3/h4-6,10-11,16H,7-9H2,1-3H3. The van der Waals surface area contributed by atoms with Gasteiger partial charge >= 0.3 is 0 Å². The number of ether oxygens (including phenoxy) is 1. The first-order valence-electron chi connectivity index (χ1n) is 6.93. The summed E-state index contributed by atoms with van der Waals surface area (Å²) in [7, 11) is -2.01. The van der Waals surface area contributed by atoms with Crippen molar-refractivity contribution in [2.75, 3.05) is 20.1 Å². The Balaban J connectivity index is 2.41. The molecule has 21 heavy (non-hydrogen) atoms. The van der Waals surface area contributed by atoms with Crippen LogP contribution in [-0.2, 0) is 21.3 Å².